The smallest absolute Gasteiger partial charge is 0.220 e. The third-order valence-electron chi connectivity index (χ3n) is 11.4. The fourth-order valence-electron chi connectivity index (χ4n) is 7.80. The Labute approximate surface area is 485 Å². The normalized spacial score (nSPS) is 17.7. The summed E-state index contributed by atoms with van der Waals surface area (Å²) in [6, 6.07) is -0.0464. The molecule has 1 saturated heterocycles. The summed E-state index contributed by atoms with van der Waals surface area (Å²) in [6.07, 6.45) is 13.5. The number of rotatable bonds is 37. The number of carbonyl (C=O) groups is 1. The van der Waals surface area contributed by atoms with Gasteiger partial charge in [-0.3, -0.25) is 4.79 Å². The van der Waals surface area contributed by atoms with E-state index in [1.54, 1.807) is 14.2 Å². The van der Waals surface area contributed by atoms with Crippen molar-refractivity contribution in [2.24, 2.45) is 11.8 Å². The Kier molecular flexibility index (Phi) is 60.7. The van der Waals surface area contributed by atoms with Crippen LogP contribution in [0.25, 0.3) is 0 Å². The number of hydrogen-bond acceptors (Lipinski definition) is 13. The van der Waals surface area contributed by atoms with Crippen LogP contribution in [0.5, 0.6) is 0 Å². The predicted octanol–water partition coefficient (Wildman–Crippen LogP) is 15.1. The molecule has 1 fully saturated rings. The van der Waals surface area contributed by atoms with Crippen molar-refractivity contribution >= 4 is 5.91 Å². The largest absolute Gasteiger partial charge is 0.382 e. The van der Waals surface area contributed by atoms with Gasteiger partial charge in [-0.1, -0.05) is 61.3 Å². The summed E-state index contributed by atoms with van der Waals surface area (Å²) in [5.74, 6) is 1.33. The lowest BCUT2D eigenvalue weighted by molar-refractivity contribution is -0.122. The molecule has 1 amide bonds. The van der Waals surface area contributed by atoms with Gasteiger partial charge in [0.05, 0.1) is 137 Å². The molecule has 1 aliphatic heterocycles. The highest BCUT2D eigenvalue weighted by Crippen LogP contribution is 2.30. The Morgan fingerprint density at radius 1 is 0.551 bits per heavy atom. The third-order valence-corrected chi connectivity index (χ3v) is 11.4. The van der Waals surface area contributed by atoms with Crippen LogP contribution >= 0.6 is 0 Å². The second-order valence-corrected chi connectivity index (χ2v) is 23.8. The molecule has 1 heterocycles. The van der Waals surface area contributed by atoms with E-state index >= 15 is 0 Å². The number of nitrogens with one attached hydrogen (secondary N) is 1. The summed E-state index contributed by atoms with van der Waals surface area (Å²) in [5.41, 5.74) is -0.108. The Balaban J connectivity index is -0.000000274. The Morgan fingerprint density at radius 3 is 1.40 bits per heavy atom. The van der Waals surface area contributed by atoms with Crippen LogP contribution in [0.15, 0.2) is 0 Å². The van der Waals surface area contributed by atoms with E-state index in [1.807, 2.05) is 48.5 Å². The molecule has 0 aliphatic carbocycles. The summed E-state index contributed by atoms with van der Waals surface area (Å²) in [4.78, 5) is 11.1. The van der Waals surface area contributed by atoms with Gasteiger partial charge in [-0.2, -0.15) is 0 Å². The quantitative estimate of drug-likeness (QED) is 0.0632. The van der Waals surface area contributed by atoms with Gasteiger partial charge in [-0.25, -0.2) is 0 Å². The molecule has 0 saturated carbocycles. The fourth-order valence-corrected chi connectivity index (χ4v) is 7.80. The second-order valence-electron chi connectivity index (χ2n) is 23.8. The maximum Gasteiger partial charge on any atom is 0.220 e. The monoisotopic (exact) mass is 1130 g/mol. The molecule has 1 N–H and O–H groups in total. The van der Waals surface area contributed by atoms with Gasteiger partial charge in [0.1, 0.15) is 0 Å². The Bertz CT molecular complexity index is 1230. The lowest BCUT2D eigenvalue weighted by Crippen LogP contribution is -2.41. The lowest BCUT2D eigenvalue weighted by Gasteiger charge is -2.29. The van der Waals surface area contributed by atoms with Crippen molar-refractivity contribution in [3.05, 3.63) is 0 Å². The average Bonchev–Trinajstić information content (AvgIpc) is 3.65. The molecule has 0 radical (unpaired) electrons. The van der Waals surface area contributed by atoms with Crippen LogP contribution in [-0.2, 0) is 61.6 Å². The van der Waals surface area contributed by atoms with Crippen molar-refractivity contribution < 1.29 is 61.6 Å². The number of carbonyl (C=O) groups excluding carboxylic acids is 1. The summed E-state index contributed by atoms with van der Waals surface area (Å²) in [6.45, 7) is 60.8. The Morgan fingerprint density at radius 2 is 1.01 bits per heavy atom. The highest BCUT2D eigenvalue weighted by atomic mass is 16.6. The van der Waals surface area contributed by atoms with Crippen LogP contribution in [-0.4, -0.2) is 163 Å². The average molecular weight is 1130 g/mol. The molecule has 6 unspecified atom stereocenters. The minimum Gasteiger partial charge on any atom is -0.382 e. The van der Waals surface area contributed by atoms with Crippen LogP contribution in [0, 0.1) is 11.8 Å². The van der Waals surface area contributed by atoms with Crippen molar-refractivity contribution in [2.75, 3.05) is 60.5 Å². The molecule has 14 nitrogen and oxygen atoms in total. The van der Waals surface area contributed by atoms with Gasteiger partial charge >= 0.3 is 0 Å². The molecule has 1 aliphatic rings. The van der Waals surface area contributed by atoms with E-state index in [4.69, 9.17) is 56.8 Å². The van der Waals surface area contributed by atoms with Crippen LogP contribution in [0.4, 0.5) is 0 Å². The van der Waals surface area contributed by atoms with E-state index in [9.17, 15) is 4.79 Å². The van der Waals surface area contributed by atoms with Gasteiger partial charge in [0, 0.05) is 33.2 Å². The van der Waals surface area contributed by atoms with Crippen molar-refractivity contribution in [1.29, 1.82) is 0 Å². The minimum absolute atomic E-state index is 0.0272. The maximum atomic E-state index is 11.1. The molecule has 78 heavy (non-hydrogen) atoms. The van der Waals surface area contributed by atoms with Gasteiger partial charge in [0.2, 0.25) is 5.91 Å². The van der Waals surface area contributed by atoms with Gasteiger partial charge in [-0.15, -0.1) is 0 Å². The highest BCUT2D eigenvalue weighted by molar-refractivity contribution is 5.75. The molecule has 0 bridgehead atoms. The molecule has 0 aromatic rings. The van der Waals surface area contributed by atoms with E-state index in [2.05, 4.69) is 144 Å². The molecule has 14 heteroatoms. The molecule has 476 valence electrons. The molecule has 0 aromatic heterocycles. The van der Waals surface area contributed by atoms with E-state index in [-0.39, 0.29) is 42.0 Å². The number of amides is 1. The fraction of sp³-hybridized carbons (Fsp3) is 0.984. The number of methoxy groups -OCH3 is 2. The first-order valence-corrected chi connectivity index (χ1v) is 31.0. The van der Waals surface area contributed by atoms with E-state index < -0.39 is 0 Å². The molecular weight excluding hydrogens is 991 g/mol. The summed E-state index contributed by atoms with van der Waals surface area (Å²) in [7, 11) is 3.32. The molecular formula is C64H137NO13. The van der Waals surface area contributed by atoms with Crippen LogP contribution in [0.1, 0.15) is 245 Å². The zero-order chi connectivity index (χ0) is 61.4. The topological polar surface area (TPSA) is 140 Å². The zero-order valence-corrected chi connectivity index (χ0v) is 56.9. The minimum atomic E-state index is -0.108. The first kappa shape index (κ1) is 85.8. The van der Waals surface area contributed by atoms with Crippen molar-refractivity contribution in [3.8, 4) is 0 Å². The lowest BCUT2D eigenvalue weighted by atomic mass is 9.90. The van der Waals surface area contributed by atoms with Gasteiger partial charge in [-0.05, 0) is 183 Å². The molecule has 8 atom stereocenters. The zero-order valence-electron chi connectivity index (χ0n) is 56.9. The van der Waals surface area contributed by atoms with Gasteiger partial charge in [0.15, 0.2) is 0 Å². The summed E-state index contributed by atoms with van der Waals surface area (Å²) >= 11 is 0. The predicted molar refractivity (Wildman–Crippen MR) is 328 cm³/mol. The Hall–Kier alpha value is -1.01. The van der Waals surface area contributed by atoms with Crippen molar-refractivity contribution in [2.45, 2.75) is 342 Å². The van der Waals surface area contributed by atoms with Gasteiger partial charge < -0.3 is 62.2 Å². The maximum absolute atomic E-state index is 11.1. The summed E-state index contributed by atoms with van der Waals surface area (Å²) in [5, 5.41) is 2.83. The standard InChI is InChI=1S/C12H24O2.C12H26O2.C11H24O2.C10H21NO3.C10H22O2.C9H20O2/c1-8(2)6-11-10(5)13-7-12(11)14-9(3)4;1-6-7-12(14-11(4)5)8-9-13-10(2)3;1-6-7-11(13-10(4)5)8-12-9(2)3;1-5-10(12)11-9(6-13-4)7-14-8(2)3;1-6-10(12-9(4)5)7-11-8(2)3;1-6-9(4,7-10-5)11-8(2)3/h8-12H,6-7H2,1-5H3;10-12H,6-9H2,1-5H3;9-11H,6-8H2,1-5H3;8-9H,5-7H2,1-4H3,(H,11,12);8-10H,6-7H2,1-5H3;8H,6-7H2,1-5H3/t10-,11+,12?;;;;;/m0...../s1. The first-order chi connectivity index (χ1) is 36.3. The van der Waals surface area contributed by atoms with E-state index in [0.29, 0.717) is 99.8 Å². The van der Waals surface area contributed by atoms with E-state index in [1.165, 1.54) is 12.8 Å². The number of ether oxygens (including phenoxy) is 12. The molecule has 0 aromatic carbocycles. The van der Waals surface area contributed by atoms with Crippen LogP contribution < -0.4 is 5.32 Å². The van der Waals surface area contributed by atoms with Crippen LogP contribution in [0.2, 0.25) is 0 Å². The molecule has 1 rings (SSSR count). The highest BCUT2D eigenvalue weighted by Gasteiger charge is 2.36. The SMILES string of the molecule is CC(C)C[C@H]1C(OC(C)C)CO[C@H]1C.CCC(=O)NC(COC)COC(C)C.CCC(C)(COC)OC(C)C.CCC(COC(C)C)OC(C)C.CCCC(CCOC(C)C)OC(C)C.CCCC(COC(C)C)OC(C)C. The van der Waals surface area contributed by atoms with Gasteiger partial charge in [0.25, 0.3) is 0 Å². The first-order valence-electron chi connectivity index (χ1n) is 31.0. The second kappa shape index (κ2) is 55.2. The third kappa shape index (κ3) is 61.1. The van der Waals surface area contributed by atoms with E-state index in [0.717, 1.165) is 64.3 Å². The van der Waals surface area contributed by atoms with Crippen molar-refractivity contribution in [3.63, 3.8) is 0 Å². The summed E-state index contributed by atoms with van der Waals surface area (Å²) < 4.78 is 66.4. The van der Waals surface area contributed by atoms with Crippen LogP contribution in [0.3, 0.4) is 0 Å². The molecule has 0 spiro atoms. The van der Waals surface area contributed by atoms with Crippen molar-refractivity contribution in [1.82, 2.24) is 5.32 Å². The number of hydrogen-bond donors (Lipinski definition) is 1.